The van der Waals surface area contributed by atoms with Gasteiger partial charge in [-0.05, 0) is 42.1 Å². The van der Waals surface area contributed by atoms with E-state index in [2.05, 4.69) is 21.5 Å². The second-order valence-electron chi connectivity index (χ2n) is 5.65. The molecule has 0 aliphatic heterocycles. The molecule has 0 saturated heterocycles. The monoisotopic (exact) mass is 263 g/mol. The molecule has 1 fully saturated rings. The summed E-state index contributed by atoms with van der Waals surface area (Å²) in [6.45, 7) is 3.13. The van der Waals surface area contributed by atoms with Crippen LogP contribution in [0.4, 0.5) is 0 Å². The van der Waals surface area contributed by atoms with Crippen molar-refractivity contribution in [2.45, 2.75) is 39.0 Å². The lowest BCUT2D eigenvalue weighted by Gasteiger charge is -2.23. The Morgan fingerprint density at radius 2 is 2.11 bits per heavy atom. The third kappa shape index (κ3) is 3.55. The molecule has 0 heterocycles. The molecule has 1 unspecified atom stereocenters. The molecule has 1 aliphatic rings. The standard InChI is InChI=1S/C15H22NOP/c1-15(7-2-3-8-15)9-10-16-14(17)12-5-4-6-13(18)11-12/h4-6,11H,2-3,7-10,18H2,1H3,(H,16,17). The molecule has 0 spiro atoms. The van der Waals surface area contributed by atoms with Gasteiger partial charge in [-0.25, -0.2) is 0 Å². The Balaban J connectivity index is 1.81. The minimum atomic E-state index is 0.0425. The van der Waals surface area contributed by atoms with Crippen LogP contribution < -0.4 is 10.6 Å². The van der Waals surface area contributed by atoms with E-state index >= 15 is 0 Å². The summed E-state index contributed by atoms with van der Waals surface area (Å²) in [6.07, 6.45) is 6.41. The third-order valence-electron chi connectivity index (χ3n) is 3.97. The maximum absolute atomic E-state index is 12.0. The van der Waals surface area contributed by atoms with Crippen molar-refractivity contribution in [1.82, 2.24) is 5.32 Å². The number of benzene rings is 1. The predicted molar refractivity (Wildman–Crippen MR) is 79.3 cm³/mol. The lowest BCUT2D eigenvalue weighted by molar-refractivity contribution is 0.0948. The Labute approximate surface area is 112 Å². The Morgan fingerprint density at radius 3 is 2.78 bits per heavy atom. The highest BCUT2D eigenvalue weighted by Gasteiger charge is 2.27. The Hall–Kier alpha value is -0.880. The third-order valence-corrected chi connectivity index (χ3v) is 4.33. The summed E-state index contributed by atoms with van der Waals surface area (Å²) in [5, 5.41) is 4.08. The average molecular weight is 263 g/mol. The molecule has 3 heteroatoms. The molecule has 1 amide bonds. The van der Waals surface area contributed by atoms with Gasteiger partial charge in [-0.3, -0.25) is 4.79 Å². The summed E-state index contributed by atoms with van der Waals surface area (Å²) in [5.74, 6) is 0.0425. The molecule has 1 atom stereocenters. The van der Waals surface area contributed by atoms with Gasteiger partial charge < -0.3 is 5.32 Å². The fourth-order valence-corrected chi connectivity index (χ4v) is 3.03. The van der Waals surface area contributed by atoms with Crippen molar-refractivity contribution < 1.29 is 4.79 Å². The van der Waals surface area contributed by atoms with Crippen LogP contribution in [-0.2, 0) is 0 Å². The number of nitrogens with one attached hydrogen (secondary N) is 1. The van der Waals surface area contributed by atoms with Crippen LogP contribution in [0, 0.1) is 5.41 Å². The average Bonchev–Trinajstić information content (AvgIpc) is 2.76. The van der Waals surface area contributed by atoms with Crippen molar-refractivity contribution in [2.75, 3.05) is 6.54 Å². The van der Waals surface area contributed by atoms with Crippen LogP contribution in [0.5, 0.6) is 0 Å². The smallest absolute Gasteiger partial charge is 0.251 e. The maximum atomic E-state index is 12.0. The summed E-state index contributed by atoms with van der Waals surface area (Å²) in [6, 6.07) is 7.65. The largest absolute Gasteiger partial charge is 0.352 e. The van der Waals surface area contributed by atoms with E-state index in [1.165, 1.54) is 25.7 Å². The molecule has 18 heavy (non-hydrogen) atoms. The van der Waals surface area contributed by atoms with E-state index in [0.29, 0.717) is 5.41 Å². The van der Waals surface area contributed by atoms with Crippen LogP contribution in [-0.4, -0.2) is 12.5 Å². The molecular weight excluding hydrogens is 241 g/mol. The molecular formula is C15H22NOP. The van der Waals surface area contributed by atoms with Gasteiger partial charge in [0, 0.05) is 12.1 Å². The minimum absolute atomic E-state index is 0.0425. The maximum Gasteiger partial charge on any atom is 0.251 e. The lowest BCUT2D eigenvalue weighted by Crippen LogP contribution is -2.28. The van der Waals surface area contributed by atoms with Crippen molar-refractivity contribution in [3.63, 3.8) is 0 Å². The van der Waals surface area contributed by atoms with Crippen molar-refractivity contribution in [3.8, 4) is 0 Å². The van der Waals surface area contributed by atoms with Crippen LogP contribution in [0.3, 0.4) is 0 Å². The quantitative estimate of drug-likeness (QED) is 0.831. The molecule has 1 N–H and O–H groups in total. The first-order valence-corrected chi connectivity index (χ1v) is 7.31. The summed E-state index contributed by atoms with van der Waals surface area (Å²) >= 11 is 0. The zero-order valence-corrected chi connectivity index (χ0v) is 12.2. The van der Waals surface area contributed by atoms with E-state index < -0.39 is 0 Å². The predicted octanol–water partition coefficient (Wildman–Crippen LogP) is 2.89. The van der Waals surface area contributed by atoms with Gasteiger partial charge in [0.05, 0.1) is 0 Å². The van der Waals surface area contributed by atoms with Gasteiger partial charge >= 0.3 is 0 Å². The van der Waals surface area contributed by atoms with Crippen molar-refractivity contribution in [3.05, 3.63) is 29.8 Å². The van der Waals surface area contributed by atoms with Crippen LogP contribution in [0.2, 0.25) is 0 Å². The topological polar surface area (TPSA) is 29.1 Å². The normalized spacial score (nSPS) is 17.7. The zero-order chi connectivity index (χ0) is 13.0. The molecule has 0 radical (unpaired) electrons. The number of carbonyl (C=O) groups excluding carboxylic acids is 1. The fourth-order valence-electron chi connectivity index (χ4n) is 2.74. The van der Waals surface area contributed by atoms with Crippen molar-refractivity contribution in [1.29, 1.82) is 0 Å². The number of amides is 1. The zero-order valence-electron chi connectivity index (χ0n) is 11.0. The SMILES string of the molecule is CC1(CCNC(=O)c2cccc(P)c2)CCCC1. The number of hydrogen-bond acceptors (Lipinski definition) is 1. The van der Waals surface area contributed by atoms with E-state index in [1.54, 1.807) is 0 Å². The van der Waals surface area contributed by atoms with E-state index in [0.717, 1.165) is 23.8 Å². The number of carbonyl (C=O) groups is 1. The van der Waals surface area contributed by atoms with Crippen LogP contribution in [0.15, 0.2) is 24.3 Å². The highest BCUT2D eigenvalue weighted by molar-refractivity contribution is 7.27. The summed E-state index contributed by atoms with van der Waals surface area (Å²) < 4.78 is 0. The molecule has 2 rings (SSSR count). The molecule has 98 valence electrons. The number of rotatable bonds is 4. The van der Waals surface area contributed by atoms with Crippen LogP contribution >= 0.6 is 9.24 Å². The van der Waals surface area contributed by atoms with Crippen LogP contribution in [0.1, 0.15) is 49.4 Å². The van der Waals surface area contributed by atoms with Gasteiger partial charge in [-0.2, -0.15) is 0 Å². The van der Waals surface area contributed by atoms with Gasteiger partial charge in [-0.15, -0.1) is 9.24 Å². The van der Waals surface area contributed by atoms with Gasteiger partial charge in [-0.1, -0.05) is 31.9 Å². The molecule has 2 nitrogen and oxygen atoms in total. The van der Waals surface area contributed by atoms with Gasteiger partial charge in [0.15, 0.2) is 0 Å². The highest BCUT2D eigenvalue weighted by atomic mass is 31.0. The van der Waals surface area contributed by atoms with Gasteiger partial charge in [0.25, 0.3) is 5.91 Å². The lowest BCUT2D eigenvalue weighted by atomic mass is 9.85. The Kier molecular flexibility index (Phi) is 4.40. The minimum Gasteiger partial charge on any atom is -0.352 e. The molecule has 1 aromatic rings. The number of hydrogen-bond donors (Lipinski definition) is 1. The first kappa shape index (κ1) is 13.5. The van der Waals surface area contributed by atoms with Crippen LogP contribution in [0.25, 0.3) is 0 Å². The molecule has 0 aromatic heterocycles. The summed E-state index contributed by atoms with van der Waals surface area (Å²) in [4.78, 5) is 12.0. The molecule has 1 aliphatic carbocycles. The fraction of sp³-hybridized carbons (Fsp3) is 0.533. The molecule has 1 saturated carbocycles. The second kappa shape index (κ2) is 5.84. The van der Waals surface area contributed by atoms with Crippen molar-refractivity contribution in [2.24, 2.45) is 5.41 Å². The van der Waals surface area contributed by atoms with E-state index in [4.69, 9.17) is 0 Å². The van der Waals surface area contributed by atoms with Crippen molar-refractivity contribution >= 4 is 20.5 Å². The van der Waals surface area contributed by atoms with E-state index in [-0.39, 0.29) is 5.91 Å². The summed E-state index contributed by atoms with van der Waals surface area (Å²) in [7, 11) is 2.62. The Bertz CT molecular complexity index is 424. The van der Waals surface area contributed by atoms with Gasteiger partial charge in [0.1, 0.15) is 0 Å². The van der Waals surface area contributed by atoms with Gasteiger partial charge in [0.2, 0.25) is 0 Å². The van der Waals surface area contributed by atoms with E-state index in [1.807, 2.05) is 24.3 Å². The highest BCUT2D eigenvalue weighted by Crippen LogP contribution is 2.39. The van der Waals surface area contributed by atoms with E-state index in [9.17, 15) is 4.79 Å². The Morgan fingerprint density at radius 1 is 1.39 bits per heavy atom. The molecule has 0 bridgehead atoms. The summed E-state index contributed by atoms with van der Waals surface area (Å²) in [5.41, 5.74) is 1.20. The molecule has 1 aromatic carbocycles. The second-order valence-corrected chi connectivity index (χ2v) is 6.32. The first-order chi connectivity index (χ1) is 8.59. The first-order valence-electron chi connectivity index (χ1n) is 6.73.